The second-order valence-electron chi connectivity index (χ2n) is 11.2. The van der Waals surface area contributed by atoms with Crippen LogP contribution in [-0.2, 0) is 4.43 Å². The van der Waals surface area contributed by atoms with E-state index in [1.54, 1.807) is 12.1 Å². The number of allylic oxidation sites excluding steroid dienone is 1. The number of hydrogen-bond acceptors (Lipinski definition) is 3. The first-order valence-electron chi connectivity index (χ1n) is 13.6. The van der Waals surface area contributed by atoms with Gasteiger partial charge in [0.2, 0.25) is 0 Å². The molecule has 2 amide bonds. The first-order valence-corrected chi connectivity index (χ1v) is 15.5. The van der Waals surface area contributed by atoms with E-state index in [0.29, 0.717) is 24.0 Å². The molecular weight excluding hydrogens is 486 g/mol. The minimum atomic E-state index is -2.76. The fourth-order valence-electron chi connectivity index (χ4n) is 5.81. The van der Waals surface area contributed by atoms with Crippen LogP contribution in [0.5, 0.6) is 0 Å². The van der Waals surface area contributed by atoms with Crippen molar-refractivity contribution in [2.24, 2.45) is 0 Å². The Morgan fingerprint density at radius 1 is 0.842 bits per heavy atom. The Labute approximate surface area is 228 Å². The Morgan fingerprint density at radius 2 is 1.32 bits per heavy atom. The quantitative estimate of drug-likeness (QED) is 0.127. The molecule has 3 aromatic carbocycles. The highest BCUT2D eigenvalue weighted by Gasteiger charge is 2.51. The maximum absolute atomic E-state index is 13.4. The van der Waals surface area contributed by atoms with E-state index in [9.17, 15) is 9.59 Å². The van der Waals surface area contributed by atoms with Gasteiger partial charge in [0.25, 0.3) is 20.1 Å². The maximum atomic E-state index is 13.4. The standard InChI is InChI=1S/C33H39NO3Si/c1-6-7-10-17-26(34-31(35)29-22-15-16-23-30(29)32(34)36)24-25(2)37-38(33(3,4)5,27-18-11-8-12-19-27)28-20-13-9-14-21-28/h6,8-9,11-16,18-23,25-26H,1,7,10,17,24H2,2-5H3/t25-,26+/m0/s1. The molecule has 0 saturated carbocycles. The number of imide groups is 1. The van der Waals surface area contributed by atoms with Crippen LogP contribution in [0.25, 0.3) is 0 Å². The number of rotatable bonds is 11. The van der Waals surface area contributed by atoms with Gasteiger partial charge in [-0.3, -0.25) is 14.5 Å². The Kier molecular flexibility index (Phi) is 8.49. The Bertz CT molecular complexity index is 1190. The third kappa shape index (κ3) is 5.31. The largest absolute Gasteiger partial charge is 0.405 e. The van der Waals surface area contributed by atoms with Gasteiger partial charge in [-0.2, -0.15) is 0 Å². The van der Waals surface area contributed by atoms with Crippen molar-refractivity contribution in [2.45, 2.75) is 70.6 Å². The third-order valence-electron chi connectivity index (χ3n) is 7.54. The van der Waals surface area contributed by atoms with Crippen LogP contribution in [0.1, 0.15) is 74.1 Å². The number of fused-ring (bicyclic) bond motifs is 1. The monoisotopic (exact) mass is 525 g/mol. The summed E-state index contributed by atoms with van der Waals surface area (Å²) in [6, 6.07) is 28.0. The van der Waals surface area contributed by atoms with Gasteiger partial charge in [0, 0.05) is 12.1 Å². The molecular formula is C33H39NO3Si. The minimum absolute atomic E-state index is 0.155. The number of benzene rings is 3. The van der Waals surface area contributed by atoms with Gasteiger partial charge in [-0.25, -0.2) is 0 Å². The summed E-state index contributed by atoms with van der Waals surface area (Å²) in [5, 5.41) is 2.28. The molecule has 0 saturated heterocycles. The average molecular weight is 526 g/mol. The third-order valence-corrected chi connectivity index (χ3v) is 12.7. The lowest BCUT2D eigenvalue weighted by atomic mass is 10.0. The van der Waals surface area contributed by atoms with Crippen molar-refractivity contribution in [3.63, 3.8) is 0 Å². The average Bonchev–Trinajstić information content (AvgIpc) is 3.17. The van der Waals surface area contributed by atoms with Crippen LogP contribution in [0.15, 0.2) is 97.6 Å². The Morgan fingerprint density at radius 3 is 1.76 bits per heavy atom. The number of hydrogen-bond donors (Lipinski definition) is 0. The summed E-state index contributed by atoms with van der Waals surface area (Å²) >= 11 is 0. The molecule has 38 heavy (non-hydrogen) atoms. The first-order chi connectivity index (χ1) is 18.2. The molecule has 0 radical (unpaired) electrons. The highest BCUT2D eigenvalue weighted by atomic mass is 28.4. The van der Waals surface area contributed by atoms with Gasteiger partial charge in [-0.15, -0.1) is 6.58 Å². The molecule has 0 N–H and O–H groups in total. The van der Waals surface area contributed by atoms with E-state index in [4.69, 9.17) is 4.43 Å². The summed E-state index contributed by atoms with van der Waals surface area (Å²) in [6.45, 7) is 12.7. The van der Waals surface area contributed by atoms with E-state index in [1.165, 1.54) is 15.3 Å². The van der Waals surface area contributed by atoms with Crippen LogP contribution in [0, 0.1) is 0 Å². The zero-order valence-electron chi connectivity index (χ0n) is 23.0. The summed E-state index contributed by atoms with van der Waals surface area (Å²) in [5.74, 6) is -0.404. The highest BCUT2D eigenvalue weighted by Crippen LogP contribution is 2.38. The van der Waals surface area contributed by atoms with Crippen molar-refractivity contribution in [1.29, 1.82) is 0 Å². The second kappa shape index (κ2) is 11.6. The van der Waals surface area contributed by atoms with Crippen LogP contribution in [0.2, 0.25) is 5.04 Å². The maximum Gasteiger partial charge on any atom is 0.261 e. The molecule has 1 aliphatic heterocycles. The van der Waals surface area contributed by atoms with Crippen molar-refractivity contribution in [1.82, 2.24) is 4.90 Å². The van der Waals surface area contributed by atoms with Crippen molar-refractivity contribution >= 4 is 30.5 Å². The van der Waals surface area contributed by atoms with Crippen molar-refractivity contribution in [3.05, 3.63) is 109 Å². The summed E-state index contributed by atoms with van der Waals surface area (Å²) in [5.41, 5.74) is 0.985. The van der Waals surface area contributed by atoms with E-state index in [-0.39, 0.29) is 29.0 Å². The molecule has 0 aromatic heterocycles. The number of unbranched alkanes of at least 4 members (excludes halogenated alkanes) is 1. The van der Waals surface area contributed by atoms with E-state index in [1.807, 2.05) is 30.3 Å². The van der Waals surface area contributed by atoms with Gasteiger partial charge >= 0.3 is 0 Å². The zero-order chi connectivity index (χ0) is 27.3. The fraction of sp³-hybridized carbons (Fsp3) is 0.333. The number of nitrogens with zero attached hydrogens (tertiary/aromatic N) is 1. The molecule has 1 aliphatic rings. The molecule has 3 aromatic rings. The van der Waals surface area contributed by atoms with Gasteiger partial charge in [-0.1, -0.05) is 99.6 Å². The molecule has 0 fully saturated rings. The predicted octanol–water partition coefficient (Wildman–Crippen LogP) is 6.36. The van der Waals surface area contributed by atoms with E-state index >= 15 is 0 Å². The smallest absolute Gasteiger partial charge is 0.261 e. The zero-order valence-corrected chi connectivity index (χ0v) is 24.0. The van der Waals surface area contributed by atoms with Crippen LogP contribution in [0.4, 0.5) is 0 Å². The number of carbonyl (C=O) groups excluding carboxylic acids is 2. The molecule has 1 heterocycles. The van der Waals surface area contributed by atoms with Gasteiger partial charge in [0.05, 0.1) is 11.1 Å². The van der Waals surface area contributed by atoms with Crippen LogP contribution >= 0.6 is 0 Å². The molecule has 0 aliphatic carbocycles. The SMILES string of the molecule is C=CCCC[C@H](C[C@H](C)O[Si](c1ccccc1)(c1ccccc1)C(C)(C)C)N1C(=O)c2ccccc2C1=O. The molecule has 4 rings (SSSR count). The fourth-order valence-corrected chi connectivity index (χ4v) is 10.5. The predicted molar refractivity (Wildman–Crippen MR) is 158 cm³/mol. The topological polar surface area (TPSA) is 46.6 Å². The van der Waals surface area contributed by atoms with Gasteiger partial charge in [0.1, 0.15) is 0 Å². The van der Waals surface area contributed by atoms with Crippen LogP contribution < -0.4 is 10.4 Å². The molecule has 4 nitrogen and oxygen atoms in total. The second-order valence-corrected chi connectivity index (χ2v) is 15.5. The lowest BCUT2D eigenvalue weighted by Gasteiger charge is -2.45. The van der Waals surface area contributed by atoms with Crippen molar-refractivity contribution in [3.8, 4) is 0 Å². The van der Waals surface area contributed by atoms with Crippen molar-refractivity contribution < 1.29 is 14.0 Å². The van der Waals surface area contributed by atoms with Gasteiger partial charge < -0.3 is 4.43 Å². The molecule has 198 valence electrons. The first kappa shape index (κ1) is 27.7. The Hall–Kier alpha value is -3.28. The summed E-state index contributed by atoms with van der Waals surface area (Å²) in [4.78, 5) is 28.3. The summed E-state index contributed by atoms with van der Waals surface area (Å²) < 4.78 is 7.29. The lowest BCUT2D eigenvalue weighted by Crippen LogP contribution is -2.67. The van der Waals surface area contributed by atoms with E-state index < -0.39 is 8.32 Å². The summed E-state index contributed by atoms with van der Waals surface area (Å²) in [6.07, 6.45) is 4.69. The Balaban J connectivity index is 1.70. The van der Waals surface area contributed by atoms with E-state index in [0.717, 1.165) is 12.8 Å². The van der Waals surface area contributed by atoms with Crippen molar-refractivity contribution in [2.75, 3.05) is 0 Å². The lowest BCUT2D eigenvalue weighted by molar-refractivity contribution is 0.0521. The minimum Gasteiger partial charge on any atom is -0.405 e. The van der Waals surface area contributed by atoms with Gasteiger partial charge in [0.15, 0.2) is 0 Å². The molecule has 0 unspecified atom stereocenters. The van der Waals surface area contributed by atoms with Gasteiger partial charge in [-0.05, 0) is 60.2 Å². The van der Waals surface area contributed by atoms with Crippen LogP contribution in [0.3, 0.4) is 0 Å². The number of amides is 2. The molecule has 2 atom stereocenters. The molecule has 5 heteroatoms. The molecule has 0 spiro atoms. The summed E-state index contributed by atoms with van der Waals surface area (Å²) in [7, 11) is -2.76. The highest BCUT2D eigenvalue weighted by molar-refractivity contribution is 6.99. The van der Waals surface area contributed by atoms with E-state index in [2.05, 4.69) is 82.8 Å². The molecule has 0 bridgehead atoms. The normalized spacial score (nSPS) is 15.3. The number of carbonyl (C=O) groups is 2. The van der Waals surface area contributed by atoms with Crippen LogP contribution in [-0.4, -0.2) is 37.2 Å².